The fraction of sp³-hybridized carbons (Fsp3) is 0.391. The lowest BCUT2D eigenvalue weighted by atomic mass is 10.2. The molecule has 5 rings (SSSR count). The highest BCUT2D eigenvalue weighted by Gasteiger charge is 2.24. The van der Waals surface area contributed by atoms with E-state index in [1.807, 2.05) is 48.0 Å². The molecule has 10 nitrogen and oxygen atoms in total. The maximum Gasteiger partial charge on any atom is 0.333 e. The highest BCUT2D eigenvalue weighted by atomic mass is 16.5. The second-order valence-corrected chi connectivity index (χ2v) is 8.35. The van der Waals surface area contributed by atoms with Gasteiger partial charge in [-0.3, -0.25) is 18.6 Å². The van der Waals surface area contributed by atoms with E-state index in [2.05, 4.69) is 4.98 Å². The molecule has 0 N–H and O–H groups in total. The van der Waals surface area contributed by atoms with Crippen LogP contribution in [0.15, 0.2) is 46.1 Å². The maximum absolute atomic E-state index is 13.3. The second-order valence-electron chi connectivity index (χ2n) is 8.35. The quantitative estimate of drug-likeness (QED) is 0.411. The molecule has 1 atom stereocenters. The van der Waals surface area contributed by atoms with Crippen LogP contribution in [0.25, 0.3) is 16.9 Å². The van der Waals surface area contributed by atoms with Crippen LogP contribution < -0.4 is 11.2 Å². The van der Waals surface area contributed by atoms with Gasteiger partial charge >= 0.3 is 11.7 Å². The molecule has 172 valence electrons. The third-order valence-corrected chi connectivity index (χ3v) is 6.08. The number of carbonyl (C=O) groups is 1. The monoisotopic (exact) mass is 451 g/mol. The predicted molar refractivity (Wildman–Crippen MR) is 120 cm³/mol. The van der Waals surface area contributed by atoms with Gasteiger partial charge in [-0.25, -0.2) is 9.36 Å². The Kier molecular flexibility index (Phi) is 5.37. The zero-order valence-corrected chi connectivity index (χ0v) is 18.6. The Morgan fingerprint density at radius 3 is 2.73 bits per heavy atom. The van der Waals surface area contributed by atoms with E-state index in [9.17, 15) is 14.4 Å². The Hall–Kier alpha value is -3.66. The Balaban J connectivity index is 1.51. The van der Waals surface area contributed by atoms with Crippen LogP contribution in [0, 0.1) is 6.92 Å². The van der Waals surface area contributed by atoms with Crippen molar-refractivity contribution < 1.29 is 14.3 Å². The number of esters is 1. The van der Waals surface area contributed by atoms with E-state index >= 15 is 0 Å². The van der Waals surface area contributed by atoms with E-state index < -0.39 is 23.8 Å². The number of benzene rings is 1. The normalized spacial score (nSPS) is 16.1. The van der Waals surface area contributed by atoms with E-state index in [1.54, 1.807) is 11.4 Å². The highest BCUT2D eigenvalue weighted by molar-refractivity contribution is 5.76. The van der Waals surface area contributed by atoms with Crippen molar-refractivity contribution in [2.75, 3.05) is 6.61 Å². The van der Waals surface area contributed by atoms with Gasteiger partial charge in [0.25, 0.3) is 5.56 Å². The van der Waals surface area contributed by atoms with Crippen LogP contribution in [0.3, 0.4) is 0 Å². The third kappa shape index (κ3) is 3.76. The van der Waals surface area contributed by atoms with Crippen molar-refractivity contribution in [2.45, 2.75) is 45.6 Å². The molecule has 0 saturated carbocycles. The Bertz CT molecular complexity index is 1450. The molecule has 0 amide bonds. The van der Waals surface area contributed by atoms with Gasteiger partial charge in [0.2, 0.25) is 5.78 Å². The average Bonchev–Trinajstić information content (AvgIpc) is 3.52. The van der Waals surface area contributed by atoms with E-state index in [0.29, 0.717) is 12.3 Å². The molecule has 1 fully saturated rings. The molecule has 1 aliphatic rings. The number of aryl methyl sites for hydroxylation is 2. The van der Waals surface area contributed by atoms with Crippen molar-refractivity contribution in [1.82, 2.24) is 23.1 Å². The van der Waals surface area contributed by atoms with Gasteiger partial charge in [-0.1, -0.05) is 30.3 Å². The van der Waals surface area contributed by atoms with Crippen LogP contribution in [0.1, 0.15) is 24.1 Å². The van der Waals surface area contributed by atoms with Crippen molar-refractivity contribution in [3.05, 3.63) is 68.6 Å². The fourth-order valence-electron chi connectivity index (χ4n) is 4.32. The summed E-state index contributed by atoms with van der Waals surface area (Å²) in [6.45, 7) is 2.91. The van der Waals surface area contributed by atoms with Gasteiger partial charge in [0.1, 0.15) is 13.2 Å². The topological polar surface area (TPSA) is 102 Å². The van der Waals surface area contributed by atoms with Crippen LogP contribution in [-0.4, -0.2) is 41.8 Å². The van der Waals surface area contributed by atoms with Gasteiger partial charge in [0.15, 0.2) is 11.2 Å². The molecular weight excluding hydrogens is 426 g/mol. The Morgan fingerprint density at radius 2 is 2.00 bits per heavy atom. The summed E-state index contributed by atoms with van der Waals surface area (Å²) in [6, 6.07) is 9.21. The lowest BCUT2D eigenvalue weighted by Crippen LogP contribution is -2.41. The lowest BCUT2D eigenvalue weighted by Gasteiger charge is -2.11. The predicted octanol–water partition coefficient (Wildman–Crippen LogP) is 1.38. The second kappa shape index (κ2) is 8.36. The minimum absolute atomic E-state index is 0.0686. The van der Waals surface area contributed by atoms with E-state index in [1.165, 1.54) is 4.57 Å². The molecule has 1 aliphatic heterocycles. The fourth-order valence-corrected chi connectivity index (χ4v) is 4.32. The molecule has 33 heavy (non-hydrogen) atoms. The molecule has 3 aromatic heterocycles. The molecule has 10 heteroatoms. The summed E-state index contributed by atoms with van der Waals surface area (Å²) in [5.41, 5.74) is 1.07. The Morgan fingerprint density at radius 1 is 1.21 bits per heavy atom. The summed E-state index contributed by atoms with van der Waals surface area (Å²) >= 11 is 0. The molecule has 0 unspecified atom stereocenters. The van der Waals surface area contributed by atoms with Crippen molar-refractivity contribution in [2.24, 2.45) is 7.05 Å². The first-order chi connectivity index (χ1) is 15.9. The number of ether oxygens (including phenoxy) is 2. The highest BCUT2D eigenvalue weighted by Crippen LogP contribution is 2.20. The summed E-state index contributed by atoms with van der Waals surface area (Å²) in [5, 5.41) is 0. The molecule has 0 spiro atoms. The van der Waals surface area contributed by atoms with E-state index in [-0.39, 0.29) is 23.9 Å². The minimum atomic E-state index is -0.662. The number of nitrogens with zero attached hydrogens (tertiary/aromatic N) is 5. The zero-order valence-electron chi connectivity index (χ0n) is 18.6. The number of hydrogen-bond donors (Lipinski definition) is 0. The summed E-state index contributed by atoms with van der Waals surface area (Å²) < 4.78 is 16.9. The van der Waals surface area contributed by atoms with Crippen molar-refractivity contribution in [1.29, 1.82) is 0 Å². The first-order valence-electron chi connectivity index (χ1n) is 10.9. The van der Waals surface area contributed by atoms with Gasteiger partial charge in [-0.05, 0) is 25.3 Å². The van der Waals surface area contributed by atoms with Crippen LogP contribution >= 0.6 is 0 Å². The van der Waals surface area contributed by atoms with E-state index in [4.69, 9.17) is 9.47 Å². The van der Waals surface area contributed by atoms with Crippen LogP contribution in [-0.2, 0) is 41.0 Å². The average molecular weight is 451 g/mol. The SMILES string of the molecule is Cc1cn2c3c(=O)n(CC(=O)OCc4ccccc4)c(=O)n(C)c3nc2n1C[C@@H]1CCCO1. The van der Waals surface area contributed by atoms with Crippen molar-refractivity contribution in [3.63, 3.8) is 0 Å². The molecule has 1 saturated heterocycles. The molecule has 0 radical (unpaired) electrons. The Labute approximate surface area is 188 Å². The zero-order chi connectivity index (χ0) is 23.1. The molecule has 0 aliphatic carbocycles. The number of carbonyl (C=O) groups excluding carboxylic acids is 1. The number of aromatic nitrogens is 5. The van der Waals surface area contributed by atoms with Crippen LogP contribution in [0.2, 0.25) is 0 Å². The standard InChI is InChI=1S/C23H25N5O5/c1-15-11-27-19-20(24-22(27)26(15)12-17-9-6-10-32-17)25(2)23(31)28(21(19)30)13-18(29)33-14-16-7-4-3-5-8-16/h3-5,7-8,11,17H,6,9-10,12-14H2,1-2H3/t17-/m0/s1. The number of rotatable bonds is 6. The smallest absolute Gasteiger partial charge is 0.333 e. The van der Waals surface area contributed by atoms with Crippen LogP contribution in [0.4, 0.5) is 0 Å². The summed E-state index contributed by atoms with van der Waals surface area (Å²) in [5.74, 6) is -0.0974. The van der Waals surface area contributed by atoms with Gasteiger partial charge in [0, 0.05) is 25.5 Å². The number of hydrogen-bond acceptors (Lipinski definition) is 6. The number of imidazole rings is 2. The van der Waals surface area contributed by atoms with Gasteiger partial charge in [-0.2, -0.15) is 4.98 Å². The summed E-state index contributed by atoms with van der Waals surface area (Å²) in [6.07, 6.45) is 3.92. The first-order valence-corrected chi connectivity index (χ1v) is 10.9. The van der Waals surface area contributed by atoms with Gasteiger partial charge in [-0.15, -0.1) is 0 Å². The lowest BCUT2D eigenvalue weighted by molar-refractivity contribution is -0.145. The van der Waals surface area contributed by atoms with Gasteiger partial charge < -0.3 is 14.0 Å². The molecular formula is C23H25N5O5. The molecule has 0 bridgehead atoms. The minimum Gasteiger partial charge on any atom is -0.459 e. The van der Waals surface area contributed by atoms with E-state index in [0.717, 1.165) is 35.3 Å². The molecule has 4 aromatic rings. The largest absolute Gasteiger partial charge is 0.459 e. The summed E-state index contributed by atoms with van der Waals surface area (Å²) in [4.78, 5) is 43.2. The van der Waals surface area contributed by atoms with Crippen LogP contribution in [0.5, 0.6) is 0 Å². The summed E-state index contributed by atoms with van der Waals surface area (Å²) in [7, 11) is 1.54. The number of fused-ring (bicyclic) bond motifs is 3. The van der Waals surface area contributed by atoms with Crippen molar-refractivity contribution >= 4 is 22.9 Å². The third-order valence-electron chi connectivity index (χ3n) is 6.08. The van der Waals surface area contributed by atoms with Crippen molar-refractivity contribution in [3.8, 4) is 0 Å². The maximum atomic E-state index is 13.3. The first kappa shape index (κ1) is 21.2. The molecule has 4 heterocycles. The molecule has 1 aromatic carbocycles. The van der Waals surface area contributed by atoms with Gasteiger partial charge in [0.05, 0.1) is 12.6 Å².